The number of aromatic nitrogens is 2. The Balaban J connectivity index is 1.75. The number of hydrogen-bond donors (Lipinski definition) is 1. The lowest BCUT2D eigenvalue weighted by atomic mass is 10.2. The van der Waals surface area contributed by atoms with Gasteiger partial charge in [-0.1, -0.05) is 34.4 Å². The lowest BCUT2D eigenvalue weighted by Gasteiger charge is -2.07. The molecule has 8 heteroatoms. The van der Waals surface area contributed by atoms with Gasteiger partial charge in [-0.25, -0.2) is 0 Å². The Kier molecular flexibility index (Phi) is 5.31. The molecular weight excluding hydrogens is 365 g/mol. The first-order valence-electron chi connectivity index (χ1n) is 7.35. The highest BCUT2D eigenvalue weighted by atomic mass is 35.5. The molecule has 3 aromatic rings. The summed E-state index contributed by atoms with van der Waals surface area (Å²) in [6, 6.07) is 10.7. The number of hydrogen-bond acceptors (Lipinski definition) is 6. The summed E-state index contributed by atoms with van der Waals surface area (Å²) in [5, 5.41) is 8.03. The third-order valence-corrected chi connectivity index (χ3v) is 4.31. The fourth-order valence-electron chi connectivity index (χ4n) is 2.23. The average Bonchev–Trinajstić information content (AvgIpc) is 3.11. The van der Waals surface area contributed by atoms with Gasteiger partial charge in [-0.3, -0.25) is 0 Å². The molecule has 0 amide bonds. The molecule has 0 saturated carbocycles. The number of halogens is 2. The highest BCUT2D eigenvalue weighted by molar-refractivity contribution is 6.43. The fourth-order valence-corrected chi connectivity index (χ4v) is 2.60. The van der Waals surface area contributed by atoms with E-state index in [2.05, 4.69) is 15.5 Å². The number of nitrogens with zero attached hydrogens (tertiary/aromatic N) is 2. The standard InChI is InChI=1S/C17H15Cl2N3O3/c1-23-13-7-6-10(8-14(13)24-2)17-21-15(25-22-17)9-20-12-5-3-4-11(18)16(12)19/h3-8,20H,9H2,1-2H3. The molecule has 2 aromatic carbocycles. The first-order valence-corrected chi connectivity index (χ1v) is 8.11. The largest absolute Gasteiger partial charge is 0.493 e. The molecule has 0 bridgehead atoms. The summed E-state index contributed by atoms with van der Waals surface area (Å²) in [7, 11) is 3.15. The lowest BCUT2D eigenvalue weighted by molar-refractivity contribution is 0.355. The summed E-state index contributed by atoms with van der Waals surface area (Å²) in [4.78, 5) is 4.37. The monoisotopic (exact) mass is 379 g/mol. The van der Waals surface area contributed by atoms with Gasteiger partial charge in [-0.15, -0.1) is 0 Å². The van der Waals surface area contributed by atoms with E-state index in [1.165, 1.54) is 0 Å². The van der Waals surface area contributed by atoms with Crippen LogP contribution in [0, 0.1) is 0 Å². The molecule has 0 saturated heterocycles. The molecule has 0 aliphatic carbocycles. The normalized spacial score (nSPS) is 10.6. The van der Waals surface area contributed by atoms with E-state index in [9.17, 15) is 0 Å². The number of benzene rings is 2. The van der Waals surface area contributed by atoms with Gasteiger partial charge >= 0.3 is 0 Å². The van der Waals surface area contributed by atoms with E-state index < -0.39 is 0 Å². The van der Waals surface area contributed by atoms with Crippen LogP contribution in [0.1, 0.15) is 5.89 Å². The first-order chi connectivity index (χ1) is 12.1. The summed E-state index contributed by atoms with van der Waals surface area (Å²) in [6.07, 6.45) is 0. The maximum atomic E-state index is 6.14. The van der Waals surface area contributed by atoms with Gasteiger partial charge in [0, 0.05) is 5.56 Å². The molecule has 0 fully saturated rings. The van der Waals surface area contributed by atoms with Crippen LogP contribution in [0.5, 0.6) is 11.5 Å². The molecule has 0 aliphatic heterocycles. The van der Waals surface area contributed by atoms with Gasteiger partial charge in [0.15, 0.2) is 11.5 Å². The molecule has 130 valence electrons. The summed E-state index contributed by atoms with van der Waals surface area (Å²) >= 11 is 12.1. The fraction of sp³-hybridized carbons (Fsp3) is 0.176. The second kappa shape index (κ2) is 7.63. The number of methoxy groups -OCH3 is 2. The van der Waals surface area contributed by atoms with Crippen molar-refractivity contribution in [2.75, 3.05) is 19.5 Å². The predicted octanol–water partition coefficient (Wildman–Crippen LogP) is 4.67. The van der Waals surface area contributed by atoms with Crippen LogP contribution in [0.15, 0.2) is 40.9 Å². The summed E-state index contributed by atoms with van der Waals surface area (Å²) in [6.45, 7) is 0.320. The van der Waals surface area contributed by atoms with E-state index >= 15 is 0 Å². The summed E-state index contributed by atoms with van der Waals surface area (Å²) < 4.78 is 15.8. The van der Waals surface area contributed by atoms with Crippen LogP contribution in [0.3, 0.4) is 0 Å². The second-order valence-electron chi connectivity index (χ2n) is 5.04. The molecule has 3 rings (SSSR count). The van der Waals surface area contributed by atoms with Crippen molar-refractivity contribution in [2.24, 2.45) is 0 Å². The molecule has 1 aromatic heterocycles. The van der Waals surface area contributed by atoms with Gasteiger partial charge in [0.1, 0.15) is 0 Å². The van der Waals surface area contributed by atoms with Crippen molar-refractivity contribution < 1.29 is 14.0 Å². The number of rotatable bonds is 6. The van der Waals surface area contributed by atoms with E-state index in [1.54, 1.807) is 38.5 Å². The maximum Gasteiger partial charge on any atom is 0.246 e. The minimum atomic E-state index is 0.320. The summed E-state index contributed by atoms with van der Waals surface area (Å²) in [5.74, 6) is 2.10. The average molecular weight is 380 g/mol. The first kappa shape index (κ1) is 17.4. The Morgan fingerprint density at radius 1 is 1.08 bits per heavy atom. The highest BCUT2D eigenvalue weighted by Crippen LogP contribution is 2.32. The molecule has 0 spiro atoms. The van der Waals surface area contributed by atoms with Crippen molar-refractivity contribution in [3.63, 3.8) is 0 Å². The second-order valence-corrected chi connectivity index (χ2v) is 5.82. The minimum absolute atomic E-state index is 0.320. The lowest BCUT2D eigenvalue weighted by Crippen LogP contribution is -2.00. The topological polar surface area (TPSA) is 69.4 Å². The van der Waals surface area contributed by atoms with Crippen molar-refractivity contribution in [3.8, 4) is 22.9 Å². The van der Waals surface area contributed by atoms with E-state index in [0.717, 1.165) is 5.56 Å². The van der Waals surface area contributed by atoms with E-state index in [0.29, 0.717) is 45.5 Å². The van der Waals surface area contributed by atoms with Crippen molar-refractivity contribution in [3.05, 3.63) is 52.3 Å². The molecule has 0 aliphatic rings. The molecule has 1 N–H and O–H groups in total. The molecule has 1 heterocycles. The van der Waals surface area contributed by atoms with Crippen LogP contribution in [0.4, 0.5) is 5.69 Å². The van der Waals surface area contributed by atoms with Crippen molar-refractivity contribution in [2.45, 2.75) is 6.54 Å². The van der Waals surface area contributed by atoms with Gasteiger partial charge in [0.05, 0.1) is 36.5 Å². The van der Waals surface area contributed by atoms with Gasteiger partial charge < -0.3 is 19.3 Å². The Bertz CT molecular complexity index is 883. The SMILES string of the molecule is COc1ccc(-c2noc(CNc3cccc(Cl)c3Cl)n2)cc1OC. The predicted molar refractivity (Wildman–Crippen MR) is 96.6 cm³/mol. The van der Waals surface area contributed by atoms with E-state index in [1.807, 2.05) is 12.1 Å². The van der Waals surface area contributed by atoms with E-state index in [-0.39, 0.29) is 0 Å². The zero-order chi connectivity index (χ0) is 17.8. The molecule has 0 atom stereocenters. The highest BCUT2D eigenvalue weighted by Gasteiger charge is 2.12. The number of anilines is 1. The molecule has 0 unspecified atom stereocenters. The van der Waals surface area contributed by atoms with Gasteiger partial charge in [0.2, 0.25) is 11.7 Å². The van der Waals surface area contributed by atoms with Crippen LogP contribution in [0.2, 0.25) is 10.0 Å². The van der Waals surface area contributed by atoms with Gasteiger partial charge in [0.25, 0.3) is 0 Å². The van der Waals surface area contributed by atoms with Crippen LogP contribution in [-0.4, -0.2) is 24.4 Å². The zero-order valence-electron chi connectivity index (χ0n) is 13.5. The van der Waals surface area contributed by atoms with Crippen LogP contribution in [-0.2, 0) is 6.54 Å². The van der Waals surface area contributed by atoms with Crippen LogP contribution < -0.4 is 14.8 Å². The summed E-state index contributed by atoms with van der Waals surface area (Å²) in [5.41, 5.74) is 1.45. The maximum absolute atomic E-state index is 6.14. The molecule has 0 radical (unpaired) electrons. The smallest absolute Gasteiger partial charge is 0.246 e. The van der Waals surface area contributed by atoms with Gasteiger partial charge in [-0.2, -0.15) is 4.98 Å². The Morgan fingerprint density at radius 2 is 1.88 bits per heavy atom. The molecule has 25 heavy (non-hydrogen) atoms. The Labute approximate surface area is 154 Å². The minimum Gasteiger partial charge on any atom is -0.493 e. The van der Waals surface area contributed by atoms with Crippen LogP contribution >= 0.6 is 23.2 Å². The zero-order valence-corrected chi connectivity index (χ0v) is 15.1. The van der Waals surface area contributed by atoms with Crippen LogP contribution in [0.25, 0.3) is 11.4 Å². The third-order valence-electron chi connectivity index (χ3n) is 3.49. The molecular formula is C17H15Cl2N3O3. The van der Waals surface area contributed by atoms with Gasteiger partial charge in [-0.05, 0) is 30.3 Å². The number of nitrogens with one attached hydrogen (secondary N) is 1. The van der Waals surface area contributed by atoms with Crippen molar-refractivity contribution >= 4 is 28.9 Å². The Hall–Kier alpha value is -2.44. The molecule has 6 nitrogen and oxygen atoms in total. The third kappa shape index (κ3) is 3.81. The quantitative estimate of drug-likeness (QED) is 0.670. The number of ether oxygens (including phenoxy) is 2. The van der Waals surface area contributed by atoms with Crippen molar-refractivity contribution in [1.29, 1.82) is 0 Å². The van der Waals surface area contributed by atoms with Crippen molar-refractivity contribution in [1.82, 2.24) is 10.1 Å². The Morgan fingerprint density at radius 3 is 2.64 bits per heavy atom. The van der Waals surface area contributed by atoms with E-state index in [4.69, 9.17) is 37.2 Å².